The van der Waals surface area contributed by atoms with Crippen LogP contribution in [0.5, 0.6) is 0 Å². The van der Waals surface area contributed by atoms with E-state index >= 15 is 0 Å². The number of aromatic amines is 1. The lowest BCUT2D eigenvalue weighted by Gasteiger charge is -1.99. The highest BCUT2D eigenvalue weighted by Crippen LogP contribution is 2.24. The van der Waals surface area contributed by atoms with Gasteiger partial charge in [0.25, 0.3) is 0 Å². The molecule has 0 fully saturated rings. The molecule has 0 bridgehead atoms. The molecular weight excluding hydrogens is 306 g/mol. The molecule has 112 valence electrons. The van der Waals surface area contributed by atoms with Crippen LogP contribution in [0.1, 0.15) is 12.3 Å². The summed E-state index contributed by atoms with van der Waals surface area (Å²) in [7, 11) is 0. The zero-order valence-corrected chi connectivity index (χ0v) is 12.2. The molecule has 3 aromatic rings. The number of nitrogens with zero attached hydrogens (tertiary/aromatic N) is 3. The van der Waals surface area contributed by atoms with Crippen molar-refractivity contribution in [3.63, 3.8) is 0 Å². The molecule has 0 aliphatic carbocycles. The van der Waals surface area contributed by atoms with Gasteiger partial charge in [-0.15, -0.1) is 0 Å². The molecule has 0 spiro atoms. The summed E-state index contributed by atoms with van der Waals surface area (Å²) < 4.78 is 5.14. The number of benzene rings is 1. The van der Waals surface area contributed by atoms with Crippen molar-refractivity contribution in [1.29, 1.82) is 0 Å². The number of aromatic nitrogens is 4. The monoisotopic (exact) mass is 317 g/mol. The standard InChI is InChI=1S/C14H12ClN5O2/c15-10-4-2-1-3-9(10)13-19-12(22-20-13)6-5-11(21)18-14-16-7-8-17-14/h1-4,7-8H,5-6H2,(H2,16,17,18,21). The molecule has 0 aliphatic rings. The van der Waals surface area contributed by atoms with Gasteiger partial charge in [-0.1, -0.05) is 28.9 Å². The topological polar surface area (TPSA) is 96.7 Å². The summed E-state index contributed by atoms with van der Waals surface area (Å²) in [5, 5.41) is 7.05. The highest BCUT2D eigenvalue weighted by atomic mass is 35.5. The van der Waals surface area contributed by atoms with Crippen molar-refractivity contribution in [2.24, 2.45) is 0 Å². The number of carbonyl (C=O) groups excluding carboxylic acids is 1. The van der Waals surface area contributed by atoms with Gasteiger partial charge < -0.3 is 9.51 Å². The van der Waals surface area contributed by atoms with Gasteiger partial charge in [0, 0.05) is 30.8 Å². The Bertz CT molecular complexity index is 769. The smallest absolute Gasteiger partial charge is 0.227 e. The maximum atomic E-state index is 11.7. The predicted octanol–water partition coefficient (Wildman–Crippen LogP) is 2.68. The maximum absolute atomic E-state index is 11.7. The van der Waals surface area contributed by atoms with Crippen LogP contribution in [0.15, 0.2) is 41.2 Å². The Kier molecular flexibility index (Phi) is 4.15. The molecule has 2 N–H and O–H groups in total. The molecule has 0 unspecified atom stereocenters. The van der Waals surface area contributed by atoms with Gasteiger partial charge in [-0.05, 0) is 12.1 Å². The molecule has 2 aromatic heterocycles. The summed E-state index contributed by atoms with van der Waals surface area (Å²) in [6.45, 7) is 0. The first-order chi connectivity index (χ1) is 10.7. The Balaban J connectivity index is 1.60. The Morgan fingerprint density at radius 1 is 1.36 bits per heavy atom. The van der Waals surface area contributed by atoms with E-state index < -0.39 is 0 Å². The lowest BCUT2D eigenvalue weighted by atomic mass is 10.2. The van der Waals surface area contributed by atoms with Gasteiger partial charge in [0.1, 0.15) is 0 Å². The number of amides is 1. The van der Waals surface area contributed by atoms with E-state index in [2.05, 4.69) is 25.4 Å². The molecule has 3 rings (SSSR count). The SMILES string of the molecule is O=C(CCc1nc(-c2ccccc2Cl)no1)Nc1ncc[nH]1. The molecule has 2 heterocycles. The van der Waals surface area contributed by atoms with Gasteiger partial charge in [0.2, 0.25) is 23.6 Å². The second-order valence-electron chi connectivity index (χ2n) is 4.48. The van der Waals surface area contributed by atoms with Crippen LogP contribution in [-0.2, 0) is 11.2 Å². The van der Waals surface area contributed by atoms with Crippen molar-refractivity contribution in [3.05, 3.63) is 47.6 Å². The highest BCUT2D eigenvalue weighted by Gasteiger charge is 2.13. The molecule has 0 atom stereocenters. The first-order valence-electron chi connectivity index (χ1n) is 6.59. The lowest BCUT2D eigenvalue weighted by molar-refractivity contribution is -0.116. The van der Waals surface area contributed by atoms with Crippen molar-refractivity contribution in [2.45, 2.75) is 12.8 Å². The molecular formula is C14H12ClN5O2. The molecule has 7 nitrogen and oxygen atoms in total. The van der Waals surface area contributed by atoms with E-state index in [1.54, 1.807) is 24.5 Å². The molecule has 22 heavy (non-hydrogen) atoms. The van der Waals surface area contributed by atoms with Gasteiger partial charge in [-0.25, -0.2) is 4.98 Å². The van der Waals surface area contributed by atoms with Crippen LogP contribution in [0.4, 0.5) is 5.95 Å². The maximum Gasteiger partial charge on any atom is 0.227 e. The average molecular weight is 318 g/mol. The van der Waals surface area contributed by atoms with Gasteiger partial charge in [0.15, 0.2) is 0 Å². The van der Waals surface area contributed by atoms with Crippen LogP contribution in [0.3, 0.4) is 0 Å². The third kappa shape index (κ3) is 3.32. The van der Waals surface area contributed by atoms with Gasteiger partial charge in [0.05, 0.1) is 5.02 Å². The Labute approximate surface area is 130 Å². The Hall–Kier alpha value is -2.67. The van der Waals surface area contributed by atoms with Crippen molar-refractivity contribution in [2.75, 3.05) is 5.32 Å². The average Bonchev–Trinajstić information content (AvgIpc) is 3.17. The number of imidazole rings is 1. The molecule has 1 aromatic carbocycles. The lowest BCUT2D eigenvalue weighted by Crippen LogP contribution is -2.13. The van der Waals surface area contributed by atoms with E-state index in [1.165, 1.54) is 0 Å². The highest BCUT2D eigenvalue weighted by molar-refractivity contribution is 6.33. The summed E-state index contributed by atoms with van der Waals surface area (Å²) in [6, 6.07) is 7.23. The minimum atomic E-state index is -0.188. The molecule has 0 saturated heterocycles. The third-order valence-electron chi connectivity index (χ3n) is 2.90. The summed E-state index contributed by atoms with van der Waals surface area (Å²) in [4.78, 5) is 22.7. The van der Waals surface area contributed by atoms with Crippen LogP contribution in [0.2, 0.25) is 5.02 Å². The summed E-state index contributed by atoms with van der Waals surface area (Å²) >= 11 is 6.08. The van der Waals surface area contributed by atoms with Crippen molar-refractivity contribution in [1.82, 2.24) is 20.1 Å². The Morgan fingerprint density at radius 2 is 2.23 bits per heavy atom. The number of halogens is 1. The summed E-state index contributed by atoms with van der Waals surface area (Å²) in [5.41, 5.74) is 0.694. The molecule has 0 radical (unpaired) electrons. The van der Waals surface area contributed by atoms with E-state index in [-0.39, 0.29) is 12.3 Å². The van der Waals surface area contributed by atoms with Crippen LogP contribution < -0.4 is 5.32 Å². The van der Waals surface area contributed by atoms with E-state index in [4.69, 9.17) is 16.1 Å². The third-order valence-corrected chi connectivity index (χ3v) is 3.23. The fourth-order valence-corrected chi connectivity index (χ4v) is 2.08. The molecule has 0 aliphatic heterocycles. The fraction of sp³-hybridized carbons (Fsp3) is 0.143. The van der Waals surface area contributed by atoms with E-state index in [1.807, 2.05) is 12.1 Å². The largest absolute Gasteiger partial charge is 0.339 e. The van der Waals surface area contributed by atoms with E-state index in [0.717, 1.165) is 0 Å². The minimum absolute atomic E-state index is 0.188. The quantitative estimate of drug-likeness (QED) is 0.754. The number of carbonyl (C=O) groups is 1. The first-order valence-corrected chi connectivity index (χ1v) is 6.97. The number of nitrogens with one attached hydrogen (secondary N) is 2. The van der Waals surface area contributed by atoms with Crippen molar-refractivity contribution < 1.29 is 9.32 Å². The zero-order valence-electron chi connectivity index (χ0n) is 11.4. The number of anilines is 1. The van der Waals surface area contributed by atoms with Crippen LogP contribution >= 0.6 is 11.6 Å². The first kappa shape index (κ1) is 14.3. The van der Waals surface area contributed by atoms with E-state index in [9.17, 15) is 4.79 Å². The van der Waals surface area contributed by atoms with Crippen LogP contribution in [0, 0.1) is 0 Å². The van der Waals surface area contributed by atoms with Gasteiger partial charge in [-0.3, -0.25) is 10.1 Å². The summed E-state index contributed by atoms with van der Waals surface area (Å²) in [6.07, 6.45) is 3.74. The van der Waals surface area contributed by atoms with Crippen molar-refractivity contribution in [3.8, 4) is 11.4 Å². The van der Waals surface area contributed by atoms with Crippen LogP contribution in [0.25, 0.3) is 11.4 Å². The molecule has 1 amide bonds. The Morgan fingerprint density at radius 3 is 3.00 bits per heavy atom. The van der Waals surface area contributed by atoms with Crippen molar-refractivity contribution >= 4 is 23.5 Å². The second-order valence-corrected chi connectivity index (χ2v) is 4.88. The number of hydrogen-bond donors (Lipinski definition) is 2. The normalized spacial score (nSPS) is 10.6. The van der Waals surface area contributed by atoms with Crippen LogP contribution in [-0.4, -0.2) is 26.0 Å². The number of hydrogen-bond acceptors (Lipinski definition) is 5. The second kappa shape index (κ2) is 6.40. The molecule has 0 saturated carbocycles. The zero-order chi connectivity index (χ0) is 15.4. The number of H-pyrrole nitrogens is 1. The fourth-order valence-electron chi connectivity index (χ4n) is 1.86. The minimum Gasteiger partial charge on any atom is -0.339 e. The number of aryl methyl sites for hydroxylation is 1. The summed E-state index contributed by atoms with van der Waals surface area (Å²) in [5.74, 6) is 1.01. The van der Waals surface area contributed by atoms with E-state index in [0.29, 0.717) is 34.7 Å². The molecule has 8 heteroatoms. The van der Waals surface area contributed by atoms with Gasteiger partial charge in [-0.2, -0.15) is 4.98 Å². The number of rotatable bonds is 5. The predicted molar refractivity (Wildman–Crippen MR) is 80.3 cm³/mol. The van der Waals surface area contributed by atoms with Gasteiger partial charge >= 0.3 is 0 Å².